The maximum atomic E-state index is 12.2. The average Bonchev–Trinajstić information content (AvgIpc) is 2.68. The van der Waals surface area contributed by atoms with Gasteiger partial charge in [-0.05, 0) is 37.3 Å². The average molecular weight is 348 g/mol. The zero-order chi connectivity index (χ0) is 18.4. The monoisotopic (exact) mass is 348 g/mol. The van der Waals surface area contributed by atoms with E-state index in [4.69, 9.17) is 4.74 Å². The Morgan fingerprint density at radius 2 is 1.77 bits per heavy atom. The van der Waals surface area contributed by atoms with Crippen LogP contribution in [0.5, 0.6) is 5.75 Å². The maximum Gasteiger partial charge on any atom is 0.272 e. The number of methoxy groups -OCH3 is 1. The smallest absolute Gasteiger partial charge is 0.272 e. The lowest BCUT2D eigenvalue weighted by Crippen LogP contribution is -2.24. The van der Waals surface area contributed by atoms with Crippen molar-refractivity contribution in [3.63, 3.8) is 0 Å². The highest BCUT2D eigenvalue weighted by Gasteiger charge is 2.09. The van der Waals surface area contributed by atoms with Crippen molar-refractivity contribution in [2.45, 2.75) is 13.5 Å². The van der Waals surface area contributed by atoms with E-state index in [0.29, 0.717) is 12.4 Å². The number of nitrogens with one attached hydrogen (secondary N) is 2. The summed E-state index contributed by atoms with van der Waals surface area (Å²) in [6, 6.07) is 18.9. The Morgan fingerprint density at radius 1 is 1.00 bits per heavy atom. The number of amides is 1. The molecule has 0 saturated heterocycles. The molecule has 0 spiro atoms. The molecule has 3 aromatic rings. The topological polar surface area (TPSA) is 76.1 Å². The summed E-state index contributed by atoms with van der Waals surface area (Å²) in [5.41, 5.74) is 3.25. The van der Waals surface area contributed by atoms with Gasteiger partial charge in [0.05, 0.1) is 7.11 Å². The van der Waals surface area contributed by atoms with E-state index >= 15 is 0 Å². The summed E-state index contributed by atoms with van der Waals surface area (Å²) in [7, 11) is 1.60. The normalized spacial score (nSPS) is 10.2. The van der Waals surface area contributed by atoms with Crippen LogP contribution < -0.4 is 15.4 Å². The molecule has 0 aliphatic rings. The first-order chi connectivity index (χ1) is 12.7. The summed E-state index contributed by atoms with van der Waals surface area (Å²) in [5.74, 6) is 1.02. The van der Waals surface area contributed by atoms with Crippen LogP contribution in [0.3, 0.4) is 0 Å². The summed E-state index contributed by atoms with van der Waals surface area (Å²) >= 11 is 0. The van der Waals surface area contributed by atoms with Crippen LogP contribution in [0.25, 0.3) is 0 Å². The van der Waals surface area contributed by atoms with Crippen molar-refractivity contribution >= 4 is 17.4 Å². The predicted molar refractivity (Wildman–Crippen MR) is 101 cm³/mol. The van der Waals surface area contributed by atoms with Gasteiger partial charge in [0.15, 0.2) is 11.5 Å². The Hall–Kier alpha value is -3.41. The molecule has 2 aromatic carbocycles. The second-order valence-corrected chi connectivity index (χ2v) is 5.79. The Bertz CT molecular complexity index is 877. The van der Waals surface area contributed by atoms with E-state index in [1.165, 1.54) is 5.56 Å². The van der Waals surface area contributed by atoms with Gasteiger partial charge in [0.1, 0.15) is 5.75 Å². The van der Waals surface area contributed by atoms with Gasteiger partial charge in [0.25, 0.3) is 5.91 Å². The van der Waals surface area contributed by atoms with Crippen LogP contribution in [0, 0.1) is 6.92 Å². The third-order valence-electron chi connectivity index (χ3n) is 3.85. The molecule has 0 saturated carbocycles. The van der Waals surface area contributed by atoms with Gasteiger partial charge in [-0.15, -0.1) is 10.2 Å². The van der Waals surface area contributed by atoms with Gasteiger partial charge in [-0.2, -0.15) is 0 Å². The van der Waals surface area contributed by atoms with Crippen molar-refractivity contribution in [3.8, 4) is 5.75 Å². The molecule has 0 radical (unpaired) electrons. The Kier molecular flexibility index (Phi) is 5.43. The van der Waals surface area contributed by atoms with E-state index in [2.05, 4.69) is 20.8 Å². The Morgan fingerprint density at radius 3 is 2.46 bits per heavy atom. The Labute approximate surface area is 152 Å². The van der Waals surface area contributed by atoms with E-state index in [0.717, 1.165) is 17.0 Å². The molecule has 1 aromatic heterocycles. The number of hydrogen-bond donors (Lipinski definition) is 2. The predicted octanol–water partition coefficient (Wildman–Crippen LogP) is 3.47. The van der Waals surface area contributed by atoms with Crippen LogP contribution in [0.15, 0.2) is 60.7 Å². The van der Waals surface area contributed by atoms with E-state index in [9.17, 15) is 4.79 Å². The molecule has 132 valence electrons. The number of nitrogens with zero attached hydrogens (tertiary/aromatic N) is 2. The number of carbonyl (C=O) groups is 1. The molecule has 1 heterocycles. The fourth-order valence-electron chi connectivity index (χ4n) is 2.42. The van der Waals surface area contributed by atoms with Crippen LogP contribution in [-0.4, -0.2) is 23.2 Å². The summed E-state index contributed by atoms with van der Waals surface area (Å²) in [6.07, 6.45) is 0. The van der Waals surface area contributed by atoms with Crippen molar-refractivity contribution in [3.05, 3.63) is 77.5 Å². The lowest BCUT2D eigenvalue weighted by molar-refractivity contribution is 0.0944. The van der Waals surface area contributed by atoms with Crippen LogP contribution >= 0.6 is 0 Å². The zero-order valence-electron chi connectivity index (χ0n) is 14.7. The second-order valence-electron chi connectivity index (χ2n) is 5.79. The minimum absolute atomic E-state index is 0.259. The van der Waals surface area contributed by atoms with Crippen LogP contribution in [0.1, 0.15) is 21.6 Å². The molecular weight excluding hydrogens is 328 g/mol. The van der Waals surface area contributed by atoms with Crippen LogP contribution in [-0.2, 0) is 6.54 Å². The highest BCUT2D eigenvalue weighted by molar-refractivity contribution is 5.92. The molecule has 1 amide bonds. The number of ether oxygens (including phenoxy) is 1. The summed E-state index contributed by atoms with van der Waals surface area (Å²) in [5, 5.41) is 14.0. The van der Waals surface area contributed by atoms with Gasteiger partial charge in [0, 0.05) is 17.8 Å². The highest BCUT2D eigenvalue weighted by Crippen LogP contribution is 2.17. The molecule has 0 aliphatic heterocycles. The first-order valence-corrected chi connectivity index (χ1v) is 8.23. The number of hydrogen-bond acceptors (Lipinski definition) is 5. The van der Waals surface area contributed by atoms with Crippen LogP contribution in [0.2, 0.25) is 0 Å². The number of aryl methyl sites for hydroxylation is 1. The first kappa shape index (κ1) is 17.4. The largest absolute Gasteiger partial charge is 0.496 e. The minimum atomic E-state index is -0.287. The molecular formula is C20H20N4O2. The maximum absolute atomic E-state index is 12.2. The number of benzene rings is 2. The molecule has 0 aliphatic carbocycles. The molecule has 0 bridgehead atoms. The number of para-hydroxylation sites is 1. The standard InChI is InChI=1S/C20H20N4O2/c1-14-7-9-16(10-8-14)22-19-12-11-17(23-24-19)20(25)21-13-15-5-3-4-6-18(15)26-2/h3-12H,13H2,1-2H3,(H,21,25)(H,22,24). The van der Waals surface area contributed by atoms with Crippen molar-refractivity contribution < 1.29 is 9.53 Å². The third-order valence-corrected chi connectivity index (χ3v) is 3.85. The van der Waals surface area contributed by atoms with Gasteiger partial charge < -0.3 is 15.4 Å². The quantitative estimate of drug-likeness (QED) is 0.713. The van der Waals surface area contributed by atoms with E-state index in [1.54, 1.807) is 19.2 Å². The fraction of sp³-hybridized carbons (Fsp3) is 0.150. The minimum Gasteiger partial charge on any atom is -0.496 e. The first-order valence-electron chi connectivity index (χ1n) is 8.23. The van der Waals surface area contributed by atoms with Gasteiger partial charge in [-0.3, -0.25) is 4.79 Å². The molecule has 6 nitrogen and oxygen atoms in total. The zero-order valence-corrected chi connectivity index (χ0v) is 14.7. The summed E-state index contributed by atoms with van der Waals surface area (Å²) in [6.45, 7) is 2.38. The van der Waals surface area contributed by atoms with Crippen molar-refractivity contribution in [1.29, 1.82) is 0 Å². The van der Waals surface area contributed by atoms with Crippen molar-refractivity contribution in [1.82, 2.24) is 15.5 Å². The van der Waals surface area contributed by atoms with Crippen LogP contribution in [0.4, 0.5) is 11.5 Å². The lowest BCUT2D eigenvalue weighted by Gasteiger charge is -2.09. The molecule has 6 heteroatoms. The molecule has 3 rings (SSSR count). The summed E-state index contributed by atoms with van der Waals surface area (Å²) in [4.78, 5) is 12.2. The van der Waals surface area contributed by atoms with Crippen molar-refractivity contribution in [2.75, 3.05) is 12.4 Å². The fourth-order valence-corrected chi connectivity index (χ4v) is 2.42. The molecule has 26 heavy (non-hydrogen) atoms. The Balaban J connectivity index is 1.60. The summed E-state index contributed by atoms with van der Waals surface area (Å²) < 4.78 is 5.28. The SMILES string of the molecule is COc1ccccc1CNC(=O)c1ccc(Nc2ccc(C)cc2)nn1. The van der Waals surface area contributed by atoms with Gasteiger partial charge in [0.2, 0.25) is 0 Å². The lowest BCUT2D eigenvalue weighted by atomic mass is 10.2. The molecule has 2 N–H and O–H groups in total. The molecule has 0 unspecified atom stereocenters. The molecule has 0 fully saturated rings. The van der Waals surface area contributed by atoms with Gasteiger partial charge in [-0.25, -0.2) is 0 Å². The highest BCUT2D eigenvalue weighted by atomic mass is 16.5. The van der Waals surface area contributed by atoms with Crippen molar-refractivity contribution in [2.24, 2.45) is 0 Å². The second kappa shape index (κ2) is 8.11. The van der Waals surface area contributed by atoms with Gasteiger partial charge >= 0.3 is 0 Å². The van der Waals surface area contributed by atoms with E-state index in [-0.39, 0.29) is 11.6 Å². The van der Waals surface area contributed by atoms with Gasteiger partial charge in [-0.1, -0.05) is 35.9 Å². The number of rotatable bonds is 6. The molecule has 0 atom stereocenters. The number of carbonyl (C=O) groups excluding carboxylic acids is 1. The van der Waals surface area contributed by atoms with E-state index < -0.39 is 0 Å². The number of anilines is 2. The third kappa shape index (κ3) is 4.36. The number of aromatic nitrogens is 2. The van der Waals surface area contributed by atoms with E-state index in [1.807, 2.05) is 55.5 Å².